The molecule has 2 aromatic rings. The van der Waals surface area contributed by atoms with E-state index >= 15 is 0 Å². The van der Waals surface area contributed by atoms with E-state index < -0.39 is 11.7 Å². The number of hydrogen-bond donors (Lipinski definition) is 0. The minimum Gasteiger partial charge on any atom is -0.264 e. The molecule has 0 saturated heterocycles. The Kier molecular flexibility index (Phi) is 3.57. The molecule has 1 aromatic carbocycles. The van der Waals surface area contributed by atoms with Crippen molar-refractivity contribution in [3.8, 4) is 11.1 Å². The maximum atomic E-state index is 12.9. The van der Waals surface area contributed by atoms with E-state index in [4.69, 9.17) is 11.6 Å². The Morgan fingerprint density at radius 1 is 1.11 bits per heavy atom. The Hall–Kier alpha value is -1.55. The average molecular weight is 272 g/mol. The molecule has 0 aliphatic carbocycles. The van der Waals surface area contributed by atoms with Crippen LogP contribution in [0.4, 0.5) is 13.2 Å². The third kappa shape index (κ3) is 2.64. The van der Waals surface area contributed by atoms with Crippen LogP contribution >= 0.6 is 11.6 Å². The molecule has 0 bridgehead atoms. The molecule has 0 aliphatic heterocycles. The van der Waals surface area contributed by atoms with Crippen LogP contribution in [0.25, 0.3) is 11.1 Å². The Morgan fingerprint density at radius 2 is 1.83 bits per heavy atom. The lowest BCUT2D eigenvalue weighted by Gasteiger charge is -2.12. The summed E-state index contributed by atoms with van der Waals surface area (Å²) < 4.78 is 38.6. The fourth-order valence-electron chi connectivity index (χ4n) is 1.69. The second-order valence-electron chi connectivity index (χ2n) is 3.76. The van der Waals surface area contributed by atoms with Gasteiger partial charge in [-0.25, -0.2) is 0 Å². The number of rotatable bonds is 2. The van der Waals surface area contributed by atoms with Crippen LogP contribution in [0.1, 0.15) is 11.1 Å². The van der Waals surface area contributed by atoms with E-state index in [1.807, 2.05) is 0 Å². The summed E-state index contributed by atoms with van der Waals surface area (Å²) in [4.78, 5) is 3.90. The van der Waals surface area contributed by atoms with Crippen LogP contribution in [0.2, 0.25) is 0 Å². The van der Waals surface area contributed by atoms with E-state index in [9.17, 15) is 13.2 Å². The highest BCUT2D eigenvalue weighted by Crippen LogP contribution is 2.36. The molecule has 1 nitrogen and oxygen atoms in total. The third-order valence-corrected chi connectivity index (χ3v) is 2.80. The van der Waals surface area contributed by atoms with E-state index in [0.717, 1.165) is 6.07 Å². The van der Waals surface area contributed by atoms with Crippen LogP contribution in [0.15, 0.2) is 42.7 Å². The first-order chi connectivity index (χ1) is 8.52. The van der Waals surface area contributed by atoms with Crippen molar-refractivity contribution in [1.82, 2.24) is 4.98 Å². The molecule has 1 heterocycles. The molecule has 0 N–H and O–H groups in total. The van der Waals surface area contributed by atoms with Gasteiger partial charge in [0.2, 0.25) is 0 Å². The summed E-state index contributed by atoms with van der Waals surface area (Å²) in [7, 11) is 0. The van der Waals surface area contributed by atoms with Crippen LogP contribution < -0.4 is 0 Å². The van der Waals surface area contributed by atoms with Crippen molar-refractivity contribution in [2.45, 2.75) is 12.1 Å². The van der Waals surface area contributed by atoms with Crippen molar-refractivity contribution in [2.24, 2.45) is 0 Å². The van der Waals surface area contributed by atoms with Crippen molar-refractivity contribution in [2.75, 3.05) is 0 Å². The molecule has 0 aliphatic rings. The molecule has 0 unspecified atom stereocenters. The molecule has 0 amide bonds. The molecule has 0 atom stereocenters. The van der Waals surface area contributed by atoms with Gasteiger partial charge >= 0.3 is 6.18 Å². The number of nitrogens with zero attached hydrogens (tertiary/aromatic N) is 1. The molecule has 1 aromatic heterocycles. The number of halogens is 4. The quantitative estimate of drug-likeness (QED) is 0.733. The number of hydrogen-bond acceptors (Lipinski definition) is 1. The number of aromatic nitrogens is 1. The smallest absolute Gasteiger partial charge is 0.264 e. The fraction of sp³-hybridized carbons (Fsp3) is 0.154. The second-order valence-corrected chi connectivity index (χ2v) is 4.03. The van der Waals surface area contributed by atoms with E-state index in [0.29, 0.717) is 11.1 Å². The van der Waals surface area contributed by atoms with Gasteiger partial charge in [0.15, 0.2) is 0 Å². The molecule has 2 rings (SSSR count). The Labute approximate surface area is 107 Å². The lowest BCUT2D eigenvalue weighted by atomic mass is 10.00. The predicted molar refractivity (Wildman–Crippen MR) is 64.2 cm³/mol. The maximum absolute atomic E-state index is 12.9. The molecule has 0 radical (unpaired) electrons. The highest BCUT2D eigenvalue weighted by Gasteiger charge is 2.33. The van der Waals surface area contributed by atoms with Gasteiger partial charge in [-0.05, 0) is 23.3 Å². The minimum absolute atomic E-state index is 0.115. The Bertz CT molecular complexity index is 552. The van der Waals surface area contributed by atoms with Gasteiger partial charge < -0.3 is 0 Å². The zero-order valence-electron chi connectivity index (χ0n) is 9.21. The standard InChI is InChI=1S/C13H9ClF3N/c14-6-9-5-10(8-18-7-9)11-3-1-2-4-12(11)13(15,16)17/h1-5,7-8H,6H2. The van der Waals surface area contributed by atoms with Crippen molar-refractivity contribution in [3.63, 3.8) is 0 Å². The first-order valence-corrected chi connectivity index (χ1v) is 5.72. The van der Waals surface area contributed by atoms with Gasteiger partial charge in [0, 0.05) is 23.8 Å². The molecule has 94 valence electrons. The van der Waals surface area contributed by atoms with Crippen LogP contribution in [0, 0.1) is 0 Å². The number of pyridine rings is 1. The summed E-state index contributed by atoms with van der Waals surface area (Å²) >= 11 is 5.65. The van der Waals surface area contributed by atoms with Gasteiger partial charge in [-0.2, -0.15) is 13.2 Å². The zero-order chi connectivity index (χ0) is 13.2. The van der Waals surface area contributed by atoms with Gasteiger partial charge in [0.1, 0.15) is 0 Å². The normalized spacial score (nSPS) is 11.6. The van der Waals surface area contributed by atoms with Gasteiger partial charge in [0.05, 0.1) is 5.56 Å². The highest BCUT2D eigenvalue weighted by molar-refractivity contribution is 6.17. The van der Waals surface area contributed by atoms with Gasteiger partial charge in [-0.1, -0.05) is 18.2 Å². The van der Waals surface area contributed by atoms with E-state index in [2.05, 4.69) is 4.98 Å². The lowest BCUT2D eigenvalue weighted by molar-refractivity contribution is -0.137. The molecule has 0 fully saturated rings. The summed E-state index contributed by atoms with van der Waals surface area (Å²) in [5.41, 5.74) is 0.551. The third-order valence-electron chi connectivity index (χ3n) is 2.49. The molecule has 5 heteroatoms. The summed E-state index contributed by atoms with van der Waals surface area (Å²) in [6.07, 6.45) is -1.44. The van der Waals surface area contributed by atoms with Crippen LogP contribution in [0.3, 0.4) is 0 Å². The first-order valence-electron chi connectivity index (χ1n) is 5.19. The van der Waals surface area contributed by atoms with E-state index in [1.165, 1.54) is 24.5 Å². The number of benzene rings is 1. The van der Waals surface area contributed by atoms with Gasteiger partial charge in [-0.15, -0.1) is 11.6 Å². The van der Waals surface area contributed by atoms with E-state index in [-0.39, 0.29) is 11.4 Å². The summed E-state index contributed by atoms with van der Waals surface area (Å²) in [5.74, 6) is 0.217. The topological polar surface area (TPSA) is 12.9 Å². The zero-order valence-corrected chi connectivity index (χ0v) is 9.96. The summed E-state index contributed by atoms with van der Waals surface area (Å²) in [6, 6.07) is 7.04. The van der Waals surface area contributed by atoms with E-state index in [1.54, 1.807) is 12.1 Å². The minimum atomic E-state index is -4.38. The SMILES string of the molecule is FC(F)(F)c1ccccc1-c1cncc(CCl)c1. The monoisotopic (exact) mass is 271 g/mol. The largest absolute Gasteiger partial charge is 0.417 e. The molecule has 0 saturated carbocycles. The predicted octanol–water partition coefficient (Wildman–Crippen LogP) is 4.51. The maximum Gasteiger partial charge on any atom is 0.417 e. The molecular formula is C13H9ClF3N. The van der Waals surface area contributed by atoms with Crippen molar-refractivity contribution >= 4 is 11.6 Å². The molecule has 0 spiro atoms. The second kappa shape index (κ2) is 4.98. The van der Waals surface area contributed by atoms with Crippen molar-refractivity contribution < 1.29 is 13.2 Å². The number of alkyl halides is 4. The van der Waals surface area contributed by atoms with Crippen molar-refractivity contribution in [3.05, 3.63) is 53.9 Å². The van der Waals surface area contributed by atoms with Gasteiger partial charge in [0.25, 0.3) is 0 Å². The summed E-state index contributed by atoms with van der Waals surface area (Å²) in [6.45, 7) is 0. The van der Waals surface area contributed by atoms with Gasteiger partial charge in [-0.3, -0.25) is 4.98 Å². The van der Waals surface area contributed by atoms with Crippen LogP contribution in [0.5, 0.6) is 0 Å². The Morgan fingerprint density at radius 3 is 2.50 bits per heavy atom. The fourth-order valence-corrected chi connectivity index (χ4v) is 1.84. The summed E-state index contributed by atoms with van der Waals surface area (Å²) in [5, 5.41) is 0. The van der Waals surface area contributed by atoms with Crippen molar-refractivity contribution in [1.29, 1.82) is 0 Å². The lowest BCUT2D eigenvalue weighted by Crippen LogP contribution is -2.07. The Balaban J connectivity index is 2.57. The van der Waals surface area contributed by atoms with Crippen LogP contribution in [-0.2, 0) is 12.1 Å². The molecular weight excluding hydrogens is 263 g/mol. The molecule has 18 heavy (non-hydrogen) atoms. The average Bonchev–Trinajstić information content (AvgIpc) is 2.38. The first kappa shape index (κ1) is 12.9. The van der Waals surface area contributed by atoms with Crippen LogP contribution in [-0.4, -0.2) is 4.98 Å². The highest BCUT2D eigenvalue weighted by atomic mass is 35.5.